The molecule has 4 rings (SSSR count). The van der Waals surface area contributed by atoms with Crippen molar-refractivity contribution >= 4 is 46.3 Å². The maximum atomic E-state index is 13.3. The zero-order chi connectivity index (χ0) is 25.3. The minimum absolute atomic E-state index is 0.0199. The van der Waals surface area contributed by atoms with Gasteiger partial charge in [0.1, 0.15) is 17.3 Å². The zero-order valence-electron chi connectivity index (χ0n) is 19.0. The molecule has 3 aromatic rings. The first-order valence-electron chi connectivity index (χ1n) is 10.9. The fraction of sp³-hybridized carbons (Fsp3) is 0.185. The van der Waals surface area contributed by atoms with E-state index in [1.165, 1.54) is 35.2 Å². The van der Waals surface area contributed by atoms with Crippen LogP contribution in [0.5, 0.6) is 11.5 Å². The van der Waals surface area contributed by atoms with Crippen LogP contribution in [0.3, 0.4) is 0 Å². The molecule has 1 unspecified atom stereocenters. The molecule has 1 aliphatic rings. The molecule has 8 heteroatoms. The number of hydrogen-bond donors (Lipinski definition) is 2. The Morgan fingerprint density at radius 3 is 2.29 bits per heavy atom. The number of amides is 1. The van der Waals surface area contributed by atoms with E-state index in [1.54, 1.807) is 36.4 Å². The fourth-order valence-electron chi connectivity index (χ4n) is 3.90. The SMILES string of the molecule is CC(C)COc1cccc(/C(O)=C2\C(=O)C(=O)N(c3cc(Cl)cc(Cl)c3)C2c2ccc(O)cc2)c1. The topological polar surface area (TPSA) is 87.1 Å². The van der Waals surface area contributed by atoms with E-state index in [2.05, 4.69) is 0 Å². The highest BCUT2D eigenvalue weighted by molar-refractivity contribution is 6.52. The van der Waals surface area contributed by atoms with Crippen LogP contribution < -0.4 is 9.64 Å². The summed E-state index contributed by atoms with van der Waals surface area (Å²) in [7, 11) is 0. The summed E-state index contributed by atoms with van der Waals surface area (Å²) in [6.07, 6.45) is 0. The molecular weight excluding hydrogens is 489 g/mol. The van der Waals surface area contributed by atoms with Gasteiger partial charge >= 0.3 is 0 Å². The van der Waals surface area contributed by atoms with Crippen molar-refractivity contribution in [3.63, 3.8) is 0 Å². The summed E-state index contributed by atoms with van der Waals surface area (Å²) >= 11 is 12.4. The number of anilines is 1. The summed E-state index contributed by atoms with van der Waals surface area (Å²) in [4.78, 5) is 27.8. The number of rotatable bonds is 6. The molecule has 0 saturated carbocycles. The van der Waals surface area contributed by atoms with Gasteiger partial charge in [0, 0.05) is 21.3 Å². The molecular formula is C27H23Cl2NO5. The Hall–Kier alpha value is -3.48. The maximum absolute atomic E-state index is 13.3. The molecule has 0 aromatic heterocycles. The molecule has 0 bridgehead atoms. The number of hydrogen-bond acceptors (Lipinski definition) is 5. The number of carbonyl (C=O) groups excluding carboxylic acids is 2. The normalized spacial score (nSPS) is 17.3. The molecule has 1 heterocycles. The predicted octanol–water partition coefficient (Wildman–Crippen LogP) is 6.36. The van der Waals surface area contributed by atoms with Gasteiger partial charge in [0.15, 0.2) is 0 Å². The standard InChI is InChI=1S/C27H23Cl2NO5/c1-15(2)14-35-22-5-3-4-17(10-22)25(32)23-24(16-6-8-21(31)9-7-16)30(27(34)26(23)33)20-12-18(28)11-19(29)13-20/h3-13,15,24,31-32H,14H2,1-2H3/b25-23+. The Kier molecular flexibility index (Phi) is 7.05. The largest absolute Gasteiger partial charge is 0.508 e. The molecule has 1 saturated heterocycles. The van der Waals surface area contributed by atoms with Crippen LogP contribution in [0.2, 0.25) is 10.0 Å². The number of carbonyl (C=O) groups is 2. The Balaban J connectivity index is 1.88. The van der Waals surface area contributed by atoms with Crippen LogP contribution in [0.15, 0.2) is 72.3 Å². The quantitative estimate of drug-likeness (QED) is 0.228. The second kappa shape index (κ2) is 10.0. The molecule has 2 N–H and O–H groups in total. The van der Waals surface area contributed by atoms with Gasteiger partial charge in [-0.3, -0.25) is 14.5 Å². The van der Waals surface area contributed by atoms with Crippen molar-refractivity contribution in [3.8, 4) is 11.5 Å². The molecule has 1 fully saturated rings. The van der Waals surface area contributed by atoms with E-state index in [4.69, 9.17) is 27.9 Å². The highest BCUT2D eigenvalue weighted by Gasteiger charge is 2.47. The Bertz CT molecular complexity index is 1300. The van der Waals surface area contributed by atoms with E-state index < -0.39 is 17.7 Å². The van der Waals surface area contributed by atoms with E-state index in [0.29, 0.717) is 35.1 Å². The van der Waals surface area contributed by atoms with Crippen molar-refractivity contribution in [3.05, 3.63) is 93.5 Å². The smallest absolute Gasteiger partial charge is 0.300 e. The molecule has 1 amide bonds. The third kappa shape index (κ3) is 5.14. The number of ether oxygens (including phenoxy) is 1. The van der Waals surface area contributed by atoms with E-state index in [0.717, 1.165) is 0 Å². The van der Waals surface area contributed by atoms with Crippen LogP contribution >= 0.6 is 23.2 Å². The van der Waals surface area contributed by atoms with Gasteiger partial charge in [-0.05, 0) is 53.9 Å². The lowest BCUT2D eigenvalue weighted by molar-refractivity contribution is -0.132. The van der Waals surface area contributed by atoms with E-state index >= 15 is 0 Å². The lowest BCUT2D eigenvalue weighted by atomic mass is 9.95. The second-order valence-corrected chi connectivity index (χ2v) is 9.49. The van der Waals surface area contributed by atoms with Crippen LogP contribution in [0.1, 0.15) is 31.0 Å². The predicted molar refractivity (Wildman–Crippen MR) is 136 cm³/mol. The molecule has 0 radical (unpaired) electrons. The average molecular weight is 512 g/mol. The minimum atomic E-state index is -0.981. The molecule has 1 atom stereocenters. The van der Waals surface area contributed by atoms with Crippen molar-refractivity contribution in [1.82, 2.24) is 0 Å². The molecule has 1 aliphatic heterocycles. The highest BCUT2D eigenvalue weighted by Crippen LogP contribution is 2.43. The lowest BCUT2D eigenvalue weighted by Crippen LogP contribution is -2.29. The van der Waals surface area contributed by atoms with Crippen LogP contribution in [0, 0.1) is 5.92 Å². The number of halogens is 2. The first kappa shape index (κ1) is 24.6. The van der Waals surface area contributed by atoms with E-state index in [9.17, 15) is 19.8 Å². The molecule has 6 nitrogen and oxygen atoms in total. The minimum Gasteiger partial charge on any atom is -0.508 e. The number of phenols is 1. The van der Waals surface area contributed by atoms with Crippen LogP contribution in [0.4, 0.5) is 5.69 Å². The Morgan fingerprint density at radius 1 is 1.00 bits per heavy atom. The van der Waals surface area contributed by atoms with Crippen molar-refractivity contribution < 1.29 is 24.5 Å². The van der Waals surface area contributed by atoms with Crippen molar-refractivity contribution in [2.45, 2.75) is 19.9 Å². The number of nitrogens with zero attached hydrogens (tertiary/aromatic N) is 1. The lowest BCUT2D eigenvalue weighted by Gasteiger charge is -2.26. The summed E-state index contributed by atoms with van der Waals surface area (Å²) in [6, 6.07) is 16.3. The van der Waals surface area contributed by atoms with Crippen LogP contribution in [0.25, 0.3) is 5.76 Å². The van der Waals surface area contributed by atoms with E-state index in [1.807, 2.05) is 13.8 Å². The number of ketones is 1. The van der Waals surface area contributed by atoms with Gasteiger partial charge in [0.25, 0.3) is 11.7 Å². The van der Waals surface area contributed by atoms with Crippen LogP contribution in [-0.2, 0) is 9.59 Å². The number of aromatic hydroxyl groups is 1. The molecule has 0 aliphatic carbocycles. The summed E-state index contributed by atoms with van der Waals surface area (Å²) < 4.78 is 5.76. The number of benzene rings is 3. The third-order valence-corrected chi connectivity index (χ3v) is 5.91. The summed E-state index contributed by atoms with van der Waals surface area (Å²) in [5.41, 5.74) is 1.04. The van der Waals surface area contributed by atoms with Gasteiger partial charge < -0.3 is 14.9 Å². The Morgan fingerprint density at radius 2 is 1.66 bits per heavy atom. The highest BCUT2D eigenvalue weighted by atomic mass is 35.5. The molecule has 35 heavy (non-hydrogen) atoms. The monoisotopic (exact) mass is 511 g/mol. The maximum Gasteiger partial charge on any atom is 0.300 e. The fourth-order valence-corrected chi connectivity index (χ4v) is 4.42. The molecule has 180 valence electrons. The number of Topliss-reactive ketones (excluding diaryl/α,β-unsaturated/α-hetero) is 1. The number of aliphatic hydroxyl groups excluding tert-OH is 1. The first-order valence-corrected chi connectivity index (χ1v) is 11.7. The van der Waals surface area contributed by atoms with Crippen LogP contribution in [-0.4, -0.2) is 28.5 Å². The zero-order valence-corrected chi connectivity index (χ0v) is 20.5. The van der Waals surface area contributed by atoms with Gasteiger partial charge in [-0.25, -0.2) is 0 Å². The van der Waals surface area contributed by atoms with Gasteiger partial charge in [-0.1, -0.05) is 61.3 Å². The van der Waals surface area contributed by atoms with Gasteiger partial charge in [-0.15, -0.1) is 0 Å². The summed E-state index contributed by atoms with van der Waals surface area (Å²) in [5.74, 6) is -1.18. The van der Waals surface area contributed by atoms with Gasteiger partial charge in [-0.2, -0.15) is 0 Å². The second-order valence-electron chi connectivity index (χ2n) is 8.62. The summed E-state index contributed by atoms with van der Waals surface area (Å²) in [5, 5.41) is 21.6. The van der Waals surface area contributed by atoms with Crippen molar-refractivity contribution in [1.29, 1.82) is 0 Å². The van der Waals surface area contributed by atoms with Gasteiger partial charge in [0.2, 0.25) is 0 Å². The average Bonchev–Trinajstić information content (AvgIpc) is 3.08. The number of aliphatic hydroxyl groups is 1. The number of phenolic OH excluding ortho intramolecular Hbond substituents is 1. The van der Waals surface area contributed by atoms with Crippen molar-refractivity contribution in [2.24, 2.45) is 5.92 Å². The van der Waals surface area contributed by atoms with E-state index in [-0.39, 0.29) is 27.1 Å². The first-order chi connectivity index (χ1) is 16.7. The molecule has 3 aromatic carbocycles. The van der Waals surface area contributed by atoms with Gasteiger partial charge in [0.05, 0.1) is 18.2 Å². The van der Waals surface area contributed by atoms with Crippen molar-refractivity contribution in [2.75, 3.05) is 11.5 Å². The third-order valence-electron chi connectivity index (χ3n) is 5.47. The molecule has 0 spiro atoms. The summed E-state index contributed by atoms with van der Waals surface area (Å²) in [6.45, 7) is 4.52. The Labute approximate surface area is 213 Å².